The van der Waals surface area contributed by atoms with E-state index in [-0.39, 0.29) is 27.9 Å². The van der Waals surface area contributed by atoms with Gasteiger partial charge in [-0.05, 0) is 13.8 Å². The molecule has 1 aromatic heterocycles. The van der Waals surface area contributed by atoms with Gasteiger partial charge in [-0.15, -0.1) is 0 Å². The Kier molecular flexibility index (Phi) is 3.88. The number of hydrogen-bond donors (Lipinski definition) is 2. The first-order chi connectivity index (χ1) is 11.8. The zero-order valence-electron chi connectivity index (χ0n) is 13.5. The van der Waals surface area contributed by atoms with Crippen molar-refractivity contribution >= 4 is 22.5 Å². The summed E-state index contributed by atoms with van der Waals surface area (Å²) in [7, 11) is 0. The second-order valence-electron chi connectivity index (χ2n) is 5.61. The lowest BCUT2D eigenvalue weighted by molar-refractivity contribution is 0.100. The van der Waals surface area contributed by atoms with Crippen LogP contribution in [0.5, 0.6) is 11.5 Å². The fourth-order valence-corrected chi connectivity index (χ4v) is 2.78. The fraction of sp³-hybridized carbons (Fsp3) is 0.105. The van der Waals surface area contributed by atoms with E-state index < -0.39 is 28.5 Å². The molecule has 0 bridgehead atoms. The summed E-state index contributed by atoms with van der Waals surface area (Å²) >= 11 is 0. The number of fused-ring (bicyclic) bond motifs is 1. The van der Waals surface area contributed by atoms with Crippen LogP contribution in [0, 0.1) is 0 Å². The van der Waals surface area contributed by atoms with Crippen LogP contribution in [0.4, 0.5) is 0 Å². The molecule has 2 N–H and O–H groups in total. The van der Waals surface area contributed by atoms with Crippen LogP contribution >= 0.6 is 0 Å². The van der Waals surface area contributed by atoms with Gasteiger partial charge in [0.15, 0.2) is 11.6 Å². The van der Waals surface area contributed by atoms with Crippen LogP contribution in [0.15, 0.2) is 45.6 Å². The number of ketones is 2. The largest absolute Gasteiger partial charge is 0.507 e. The molecule has 6 nitrogen and oxygen atoms in total. The number of hydrogen-bond acceptors (Lipinski definition) is 6. The van der Waals surface area contributed by atoms with Crippen LogP contribution in [0.2, 0.25) is 0 Å². The van der Waals surface area contributed by atoms with Gasteiger partial charge in [-0.3, -0.25) is 14.4 Å². The first-order valence-electron chi connectivity index (χ1n) is 7.46. The predicted octanol–water partition coefficient (Wildman–Crippen LogP) is 3.28. The Morgan fingerprint density at radius 2 is 1.56 bits per heavy atom. The molecule has 6 heteroatoms. The topological polar surface area (TPSA) is 105 Å². The highest BCUT2D eigenvalue weighted by atomic mass is 16.3. The summed E-state index contributed by atoms with van der Waals surface area (Å²) in [5.74, 6) is -2.31. The van der Waals surface area contributed by atoms with Crippen LogP contribution in [-0.4, -0.2) is 21.8 Å². The predicted molar refractivity (Wildman–Crippen MR) is 91.3 cm³/mol. The van der Waals surface area contributed by atoms with Crippen molar-refractivity contribution in [1.29, 1.82) is 0 Å². The van der Waals surface area contributed by atoms with Crippen LogP contribution in [-0.2, 0) is 0 Å². The van der Waals surface area contributed by atoms with Crippen LogP contribution in [0.25, 0.3) is 22.3 Å². The van der Waals surface area contributed by atoms with Gasteiger partial charge in [0.05, 0.1) is 0 Å². The molecule has 1 heterocycles. The molecule has 0 aliphatic carbocycles. The van der Waals surface area contributed by atoms with Crippen molar-refractivity contribution in [2.75, 3.05) is 0 Å². The SMILES string of the molecule is CC(=O)c1c(O)cc2oc(-c3ccccc3)c(C(C)=O)c(=O)c2c1O. The molecule has 2 aromatic carbocycles. The van der Waals surface area contributed by atoms with Crippen molar-refractivity contribution in [2.24, 2.45) is 0 Å². The van der Waals surface area contributed by atoms with Gasteiger partial charge in [-0.2, -0.15) is 0 Å². The lowest BCUT2D eigenvalue weighted by Crippen LogP contribution is -2.15. The van der Waals surface area contributed by atoms with Crippen molar-refractivity contribution in [3.8, 4) is 22.8 Å². The standard InChI is InChI=1S/C19H14O6/c1-9(20)14-12(22)8-13-16(17(14)23)18(24)15(10(2)21)19(25-13)11-6-4-3-5-7-11/h3-8,22-23H,1-2H3. The second-order valence-corrected chi connectivity index (χ2v) is 5.61. The third-order valence-corrected chi connectivity index (χ3v) is 3.88. The molecule has 0 fully saturated rings. The number of benzene rings is 2. The van der Waals surface area contributed by atoms with E-state index in [0.717, 1.165) is 13.0 Å². The van der Waals surface area contributed by atoms with E-state index >= 15 is 0 Å². The van der Waals surface area contributed by atoms with Gasteiger partial charge in [0, 0.05) is 11.6 Å². The molecule has 0 aliphatic rings. The molecule has 126 valence electrons. The third-order valence-electron chi connectivity index (χ3n) is 3.88. The Labute approximate surface area is 142 Å². The molecule has 0 radical (unpaired) electrons. The number of carbonyl (C=O) groups excluding carboxylic acids is 2. The summed E-state index contributed by atoms with van der Waals surface area (Å²) in [5.41, 5.74) is -0.987. The molecular weight excluding hydrogens is 324 g/mol. The number of phenolic OH excluding ortho intramolecular Hbond substituents is 2. The summed E-state index contributed by atoms with van der Waals surface area (Å²) in [6, 6.07) is 9.63. The van der Waals surface area contributed by atoms with Gasteiger partial charge in [-0.1, -0.05) is 30.3 Å². The van der Waals surface area contributed by atoms with Gasteiger partial charge in [0.2, 0.25) is 5.43 Å². The zero-order valence-corrected chi connectivity index (χ0v) is 13.5. The molecule has 0 amide bonds. The Morgan fingerprint density at radius 3 is 2.12 bits per heavy atom. The summed E-state index contributed by atoms with van der Waals surface area (Å²) in [4.78, 5) is 36.5. The van der Waals surface area contributed by atoms with E-state index in [4.69, 9.17) is 4.42 Å². The van der Waals surface area contributed by atoms with Crippen LogP contribution in [0.3, 0.4) is 0 Å². The van der Waals surface area contributed by atoms with Crippen molar-refractivity contribution in [2.45, 2.75) is 13.8 Å². The number of phenols is 2. The van der Waals surface area contributed by atoms with Gasteiger partial charge in [-0.25, -0.2) is 0 Å². The maximum atomic E-state index is 12.8. The number of rotatable bonds is 3. The molecule has 0 atom stereocenters. The maximum Gasteiger partial charge on any atom is 0.207 e. The summed E-state index contributed by atoms with van der Waals surface area (Å²) in [5, 5.41) is 20.0. The Hall–Kier alpha value is -3.41. The zero-order chi connectivity index (χ0) is 18.3. The van der Waals surface area contributed by atoms with Gasteiger partial charge < -0.3 is 14.6 Å². The molecule has 0 unspecified atom stereocenters. The number of Topliss-reactive ketones (excluding diaryl/α,β-unsaturated/α-hetero) is 2. The van der Waals surface area contributed by atoms with Crippen molar-refractivity contribution in [3.63, 3.8) is 0 Å². The fourth-order valence-electron chi connectivity index (χ4n) is 2.78. The Balaban J connectivity index is 2.52. The molecule has 0 spiro atoms. The van der Waals surface area contributed by atoms with E-state index in [1.54, 1.807) is 30.3 Å². The normalized spacial score (nSPS) is 10.8. The van der Waals surface area contributed by atoms with Gasteiger partial charge in [0.1, 0.15) is 39.4 Å². The molecule has 0 aliphatic heterocycles. The van der Waals surface area contributed by atoms with Crippen molar-refractivity contribution in [1.82, 2.24) is 0 Å². The average molecular weight is 338 g/mol. The first-order valence-corrected chi connectivity index (χ1v) is 7.46. The highest BCUT2D eigenvalue weighted by Gasteiger charge is 2.25. The molecule has 3 aromatic rings. The first kappa shape index (κ1) is 16.4. The highest BCUT2D eigenvalue weighted by molar-refractivity contribution is 6.08. The van der Waals surface area contributed by atoms with Crippen molar-refractivity contribution < 1.29 is 24.2 Å². The third kappa shape index (κ3) is 2.57. The molecule has 25 heavy (non-hydrogen) atoms. The molecule has 3 rings (SSSR count). The smallest absolute Gasteiger partial charge is 0.207 e. The molecule has 0 saturated carbocycles. The summed E-state index contributed by atoms with van der Waals surface area (Å²) < 4.78 is 5.67. The Morgan fingerprint density at radius 1 is 0.960 bits per heavy atom. The highest BCUT2D eigenvalue weighted by Crippen LogP contribution is 2.36. The van der Waals surface area contributed by atoms with Crippen LogP contribution < -0.4 is 5.43 Å². The maximum absolute atomic E-state index is 12.8. The van der Waals surface area contributed by atoms with Gasteiger partial charge >= 0.3 is 0 Å². The van der Waals surface area contributed by atoms with E-state index in [9.17, 15) is 24.6 Å². The van der Waals surface area contributed by atoms with E-state index in [1.807, 2.05) is 0 Å². The minimum atomic E-state index is -0.757. The average Bonchev–Trinajstić information content (AvgIpc) is 2.53. The minimum Gasteiger partial charge on any atom is -0.507 e. The minimum absolute atomic E-state index is 0.0416. The monoisotopic (exact) mass is 338 g/mol. The number of carbonyl (C=O) groups is 2. The van der Waals surface area contributed by atoms with Gasteiger partial charge in [0.25, 0.3) is 0 Å². The quantitative estimate of drug-likeness (QED) is 0.710. The lowest BCUT2D eigenvalue weighted by atomic mass is 9.99. The van der Waals surface area contributed by atoms with E-state index in [2.05, 4.69) is 0 Å². The molecular formula is C19H14O6. The summed E-state index contributed by atoms with van der Waals surface area (Å²) in [6.07, 6.45) is 0. The lowest BCUT2D eigenvalue weighted by Gasteiger charge is -2.11. The van der Waals surface area contributed by atoms with E-state index in [1.165, 1.54) is 6.92 Å². The Bertz CT molecular complexity index is 1080. The second kappa shape index (κ2) is 5.90. The summed E-state index contributed by atoms with van der Waals surface area (Å²) in [6.45, 7) is 2.36. The van der Waals surface area contributed by atoms with Crippen LogP contribution in [0.1, 0.15) is 34.6 Å². The molecule has 0 saturated heterocycles. The van der Waals surface area contributed by atoms with Crippen molar-refractivity contribution in [3.05, 3.63) is 57.7 Å². The number of aromatic hydroxyl groups is 2. The van der Waals surface area contributed by atoms with E-state index in [0.29, 0.717) is 5.56 Å².